The fraction of sp³-hybridized carbons (Fsp3) is 0.296. The highest BCUT2D eigenvalue weighted by molar-refractivity contribution is 7.92. The Morgan fingerprint density at radius 2 is 1.71 bits per heavy atom. The number of hydrogen-bond donors (Lipinski definition) is 1. The number of hydrogen-bond acceptors (Lipinski definition) is 4. The number of carbonyl (C=O) groups excluding carboxylic acids is 1. The fourth-order valence-corrected chi connectivity index (χ4v) is 5.57. The Labute approximate surface area is 201 Å². The molecule has 7 heteroatoms. The molecule has 0 fully saturated rings. The van der Waals surface area contributed by atoms with Crippen LogP contribution in [0.25, 0.3) is 0 Å². The van der Waals surface area contributed by atoms with Crippen LogP contribution in [0, 0.1) is 0 Å². The molecular weight excluding hydrogens is 448 g/mol. The van der Waals surface area contributed by atoms with Crippen molar-refractivity contribution in [2.75, 3.05) is 22.8 Å². The lowest BCUT2D eigenvalue weighted by molar-refractivity contribution is -0.118. The van der Waals surface area contributed by atoms with Crippen LogP contribution in [0.2, 0.25) is 0 Å². The first-order valence-electron chi connectivity index (χ1n) is 11.4. The van der Waals surface area contributed by atoms with Gasteiger partial charge in [-0.3, -0.25) is 9.10 Å². The van der Waals surface area contributed by atoms with Crippen LogP contribution in [-0.4, -0.2) is 27.5 Å². The summed E-state index contributed by atoms with van der Waals surface area (Å²) in [6.45, 7) is 6.75. The van der Waals surface area contributed by atoms with E-state index in [-0.39, 0.29) is 22.8 Å². The average Bonchev–Trinajstić information content (AvgIpc) is 2.82. The summed E-state index contributed by atoms with van der Waals surface area (Å²) in [5.41, 5.74) is 3.42. The molecule has 0 aromatic heterocycles. The van der Waals surface area contributed by atoms with Gasteiger partial charge in [-0.1, -0.05) is 51.1 Å². The number of sulfonamides is 1. The van der Waals surface area contributed by atoms with Crippen molar-refractivity contribution in [1.29, 1.82) is 0 Å². The zero-order chi connectivity index (χ0) is 24.3. The van der Waals surface area contributed by atoms with Crippen LogP contribution in [0.15, 0.2) is 77.7 Å². The van der Waals surface area contributed by atoms with Crippen molar-refractivity contribution in [3.05, 3.63) is 83.9 Å². The number of fused-ring (bicyclic) bond motifs is 1. The van der Waals surface area contributed by atoms with Crippen molar-refractivity contribution in [2.24, 2.45) is 0 Å². The molecule has 0 bridgehead atoms. The molecule has 0 aliphatic carbocycles. The van der Waals surface area contributed by atoms with E-state index in [9.17, 15) is 13.2 Å². The van der Waals surface area contributed by atoms with Gasteiger partial charge in [0.2, 0.25) is 0 Å². The summed E-state index contributed by atoms with van der Waals surface area (Å²) >= 11 is 0. The van der Waals surface area contributed by atoms with Crippen molar-refractivity contribution in [1.82, 2.24) is 0 Å². The van der Waals surface area contributed by atoms with Crippen LogP contribution in [0.5, 0.6) is 5.75 Å². The van der Waals surface area contributed by atoms with Crippen LogP contribution in [0.4, 0.5) is 11.4 Å². The Balaban J connectivity index is 1.42. The Bertz CT molecular complexity index is 1260. The Morgan fingerprint density at radius 3 is 2.38 bits per heavy atom. The smallest absolute Gasteiger partial charge is 0.264 e. The lowest BCUT2D eigenvalue weighted by Gasteiger charge is -2.30. The number of aryl methyl sites for hydroxylation is 1. The van der Waals surface area contributed by atoms with Crippen LogP contribution in [0.1, 0.15) is 38.3 Å². The molecule has 3 aromatic rings. The van der Waals surface area contributed by atoms with Gasteiger partial charge in [-0.25, -0.2) is 8.42 Å². The lowest BCUT2D eigenvalue weighted by atomic mass is 9.87. The SMILES string of the molecule is CC(C)(C)c1ccc(OCC(=O)Nc2ccc3c(c2)CCCN3S(=O)(=O)c2ccccc2)cc1. The number of benzene rings is 3. The summed E-state index contributed by atoms with van der Waals surface area (Å²) in [7, 11) is -3.64. The minimum atomic E-state index is -3.64. The molecule has 6 nitrogen and oxygen atoms in total. The summed E-state index contributed by atoms with van der Waals surface area (Å²) in [5, 5.41) is 2.85. The molecule has 1 aliphatic heterocycles. The van der Waals surface area contributed by atoms with Gasteiger partial charge in [0, 0.05) is 12.2 Å². The Kier molecular flexibility index (Phi) is 6.66. The second-order valence-electron chi connectivity index (χ2n) is 9.45. The number of ether oxygens (including phenoxy) is 1. The van der Waals surface area contributed by atoms with E-state index in [1.165, 1.54) is 9.87 Å². The predicted molar refractivity (Wildman–Crippen MR) is 135 cm³/mol. The second kappa shape index (κ2) is 9.50. The number of rotatable bonds is 6. The molecule has 0 saturated carbocycles. The van der Waals surface area contributed by atoms with Crippen molar-refractivity contribution in [3.63, 3.8) is 0 Å². The maximum absolute atomic E-state index is 13.1. The van der Waals surface area contributed by atoms with E-state index in [4.69, 9.17) is 4.74 Å². The highest BCUT2D eigenvalue weighted by atomic mass is 32.2. The molecule has 4 rings (SSSR count). The van der Waals surface area contributed by atoms with Gasteiger partial charge < -0.3 is 10.1 Å². The molecule has 0 saturated heterocycles. The van der Waals surface area contributed by atoms with Crippen molar-refractivity contribution in [3.8, 4) is 5.75 Å². The highest BCUT2D eigenvalue weighted by Crippen LogP contribution is 2.33. The first-order chi connectivity index (χ1) is 16.1. The highest BCUT2D eigenvalue weighted by Gasteiger charge is 2.29. The molecule has 0 atom stereocenters. The minimum absolute atomic E-state index is 0.0539. The molecule has 1 heterocycles. The zero-order valence-electron chi connectivity index (χ0n) is 19.7. The van der Waals surface area contributed by atoms with Gasteiger partial charge in [-0.15, -0.1) is 0 Å². The van der Waals surface area contributed by atoms with Crippen LogP contribution < -0.4 is 14.4 Å². The molecule has 1 amide bonds. The topological polar surface area (TPSA) is 75.7 Å². The van der Waals surface area contributed by atoms with E-state index in [0.717, 1.165) is 12.0 Å². The second-order valence-corrected chi connectivity index (χ2v) is 11.3. The first kappa shape index (κ1) is 23.8. The number of nitrogens with zero attached hydrogens (tertiary/aromatic N) is 1. The maximum atomic E-state index is 13.1. The molecule has 1 N–H and O–H groups in total. The summed E-state index contributed by atoms with van der Waals surface area (Å²) in [6, 6.07) is 21.5. The fourth-order valence-electron chi connectivity index (χ4n) is 4.01. The third-order valence-corrected chi connectivity index (χ3v) is 7.69. The van der Waals surface area contributed by atoms with Gasteiger partial charge in [0.05, 0.1) is 10.6 Å². The zero-order valence-corrected chi connectivity index (χ0v) is 20.6. The van der Waals surface area contributed by atoms with E-state index in [1.54, 1.807) is 42.5 Å². The molecule has 178 valence electrons. The summed E-state index contributed by atoms with van der Waals surface area (Å²) < 4.78 is 33.4. The quantitative estimate of drug-likeness (QED) is 0.532. The van der Waals surface area contributed by atoms with Crippen LogP contribution in [0.3, 0.4) is 0 Å². The molecule has 1 aliphatic rings. The minimum Gasteiger partial charge on any atom is -0.484 e. The van der Waals surface area contributed by atoms with Gasteiger partial charge in [-0.05, 0) is 71.8 Å². The van der Waals surface area contributed by atoms with Gasteiger partial charge in [0.25, 0.3) is 15.9 Å². The molecule has 3 aromatic carbocycles. The van der Waals surface area contributed by atoms with E-state index in [2.05, 4.69) is 26.1 Å². The van der Waals surface area contributed by atoms with Gasteiger partial charge in [0.1, 0.15) is 5.75 Å². The lowest BCUT2D eigenvalue weighted by Crippen LogP contribution is -2.35. The Morgan fingerprint density at radius 1 is 1.00 bits per heavy atom. The summed E-state index contributed by atoms with van der Waals surface area (Å²) in [6.07, 6.45) is 1.46. The van der Waals surface area contributed by atoms with Crippen LogP contribution in [-0.2, 0) is 26.7 Å². The number of amides is 1. The molecular formula is C27H30N2O4S. The van der Waals surface area contributed by atoms with Crippen LogP contribution >= 0.6 is 0 Å². The van der Waals surface area contributed by atoms with Gasteiger partial charge in [0.15, 0.2) is 6.61 Å². The van der Waals surface area contributed by atoms with Gasteiger partial charge in [-0.2, -0.15) is 0 Å². The van der Waals surface area contributed by atoms with E-state index < -0.39 is 10.0 Å². The number of anilines is 2. The molecule has 34 heavy (non-hydrogen) atoms. The third kappa shape index (κ3) is 5.25. The summed E-state index contributed by atoms with van der Waals surface area (Å²) in [5.74, 6) is 0.361. The Hall–Kier alpha value is -3.32. The monoisotopic (exact) mass is 478 g/mol. The van der Waals surface area contributed by atoms with Crippen molar-refractivity contribution < 1.29 is 17.9 Å². The van der Waals surface area contributed by atoms with E-state index in [0.29, 0.717) is 30.1 Å². The van der Waals surface area contributed by atoms with Crippen molar-refractivity contribution in [2.45, 2.75) is 43.9 Å². The summed E-state index contributed by atoms with van der Waals surface area (Å²) in [4.78, 5) is 12.7. The molecule has 0 unspecified atom stereocenters. The standard InChI is InChI=1S/C27H30N2O4S/c1-27(2,3)21-11-14-23(15-12-21)33-19-26(30)28-22-13-16-25-20(18-22)8-7-17-29(25)34(31,32)24-9-5-4-6-10-24/h4-6,9-16,18H,7-8,17,19H2,1-3H3,(H,28,30). The molecule has 0 spiro atoms. The van der Waals surface area contributed by atoms with E-state index >= 15 is 0 Å². The maximum Gasteiger partial charge on any atom is 0.264 e. The van der Waals surface area contributed by atoms with E-state index in [1.807, 2.05) is 30.3 Å². The first-order valence-corrected chi connectivity index (χ1v) is 12.8. The largest absolute Gasteiger partial charge is 0.484 e. The molecule has 0 radical (unpaired) electrons. The number of carbonyl (C=O) groups is 1. The van der Waals surface area contributed by atoms with Crippen molar-refractivity contribution >= 4 is 27.3 Å². The predicted octanol–water partition coefficient (Wildman–Crippen LogP) is 5.14. The average molecular weight is 479 g/mol. The normalized spacial score (nSPS) is 13.8. The van der Waals surface area contributed by atoms with Gasteiger partial charge >= 0.3 is 0 Å². The number of nitrogens with one attached hydrogen (secondary N) is 1. The third-order valence-electron chi connectivity index (χ3n) is 5.86.